The van der Waals surface area contributed by atoms with Gasteiger partial charge in [0.25, 0.3) is 0 Å². The summed E-state index contributed by atoms with van der Waals surface area (Å²) >= 11 is 5.71. The second-order valence-corrected chi connectivity index (χ2v) is 8.10. The highest BCUT2D eigenvalue weighted by atomic mass is 35.5. The van der Waals surface area contributed by atoms with Gasteiger partial charge in [-0.15, -0.1) is 11.6 Å². The maximum absolute atomic E-state index is 12.2. The molecule has 2 aliphatic heterocycles. The quantitative estimate of drug-likeness (QED) is 0.486. The Labute approximate surface area is 197 Å². The molecule has 2 fully saturated rings. The lowest BCUT2D eigenvalue weighted by Gasteiger charge is -2.48. The Morgan fingerprint density at radius 3 is 2.42 bits per heavy atom. The van der Waals surface area contributed by atoms with Gasteiger partial charge in [-0.3, -0.25) is 9.59 Å². The number of fused-ring (bicyclic) bond motifs is 1. The van der Waals surface area contributed by atoms with E-state index in [-0.39, 0.29) is 25.0 Å². The molecule has 8 nitrogen and oxygen atoms in total. The van der Waals surface area contributed by atoms with E-state index >= 15 is 0 Å². The fourth-order valence-corrected chi connectivity index (χ4v) is 4.02. The number of hydrogen-bond donors (Lipinski definition) is 1. The molecule has 2 aromatic carbocycles. The van der Waals surface area contributed by atoms with Gasteiger partial charge in [0.15, 0.2) is 18.7 Å². The van der Waals surface area contributed by atoms with Crippen LogP contribution in [0.15, 0.2) is 60.7 Å². The molecule has 2 heterocycles. The van der Waals surface area contributed by atoms with Crippen LogP contribution in [0.4, 0.5) is 0 Å². The molecule has 0 unspecified atom stereocenters. The van der Waals surface area contributed by atoms with Crippen molar-refractivity contribution in [3.8, 4) is 0 Å². The van der Waals surface area contributed by atoms with Crippen molar-refractivity contribution in [2.24, 2.45) is 0 Å². The van der Waals surface area contributed by atoms with Crippen molar-refractivity contribution in [3.05, 3.63) is 71.8 Å². The molecule has 0 bridgehead atoms. The standard InChI is InChI=1S/C24H26ClNO7/c1-15(27)26-20-22(32-19(28)12-25)21-18(14-30-23(33-21)17-10-6-3-7-11-17)31-24(20)29-13-16-8-4-2-5-9-16/h2-11,18,20-24H,12-14H2,1H3,(H,26,27)/t18-,20+,21-,22+,23-,24-/m1/s1. The highest BCUT2D eigenvalue weighted by Crippen LogP contribution is 2.36. The van der Waals surface area contributed by atoms with Crippen molar-refractivity contribution in [1.29, 1.82) is 0 Å². The van der Waals surface area contributed by atoms with Crippen molar-refractivity contribution in [3.63, 3.8) is 0 Å². The zero-order valence-electron chi connectivity index (χ0n) is 18.1. The lowest BCUT2D eigenvalue weighted by atomic mass is 9.95. The monoisotopic (exact) mass is 475 g/mol. The van der Waals surface area contributed by atoms with Crippen LogP contribution in [-0.4, -0.2) is 55.0 Å². The Morgan fingerprint density at radius 2 is 1.76 bits per heavy atom. The number of halogens is 1. The molecule has 0 radical (unpaired) electrons. The fraction of sp³-hybridized carbons (Fsp3) is 0.417. The summed E-state index contributed by atoms with van der Waals surface area (Å²) in [5.74, 6) is -1.30. The lowest BCUT2D eigenvalue weighted by Crippen LogP contribution is -2.67. The number of amides is 1. The van der Waals surface area contributed by atoms with Gasteiger partial charge in [-0.05, 0) is 5.56 Å². The van der Waals surface area contributed by atoms with Crippen molar-refractivity contribution in [1.82, 2.24) is 5.32 Å². The normalized spacial score (nSPS) is 29.0. The average molecular weight is 476 g/mol. The molecule has 0 spiro atoms. The number of nitrogens with one attached hydrogen (secondary N) is 1. The van der Waals surface area contributed by atoms with Gasteiger partial charge in [0.2, 0.25) is 5.91 Å². The molecule has 2 aromatic rings. The minimum atomic E-state index is -0.899. The third-order valence-corrected chi connectivity index (χ3v) is 5.63. The van der Waals surface area contributed by atoms with Gasteiger partial charge in [0.05, 0.1) is 13.2 Å². The lowest BCUT2D eigenvalue weighted by molar-refractivity contribution is -0.346. The number of hydrogen-bond acceptors (Lipinski definition) is 7. The Balaban J connectivity index is 1.58. The van der Waals surface area contributed by atoms with E-state index in [0.29, 0.717) is 0 Å². The van der Waals surface area contributed by atoms with Crippen molar-refractivity contribution in [2.45, 2.75) is 50.5 Å². The Bertz CT molecular complexity index is 929. The summed E-state index contributed by atoms with van der Waals surface area (Å²) in [6, 6.07) is 18.2. The predicted molar refractivity (Wildman–Crippen MR) is 118 cm³/mol. The highest BCUT2D eigenvalue weighted by molar-refractivity contribution is 6.26. The molecule has 1 N–H and O–H groups in total. The molecule has 33 heavy (non-hydrogen) atoms. The van der Waals surface area contributed by atoms with Crippen LogP contribution in [0, 0.1) is 0 Å². The maximum atomic E-state index is 12.2. The first-order valence-corrected chi connectivity index (χ1v) is 11.2. The number of esters is 1. The van der Waals surface area contributed by atoms with Crippen LogP contribution in [0.5, 0.6) is 0 Å². The van der Waals surface area contributed by atoms with E-state index in [1.165, 1.54) is 6.92 Å². The maximum Gasteiger partial charge on any atom is 0.321 e. The van der Waals surface area contributed by atoms with E-state index in [2.05, 4.69) is 5.32 Å². The second kappa shape index (κ2) is 11.1. The highest BCUT2D eigenvalue weighted by Gasteiger charge is 2.52. The van der Waals surface area contributed by atoms with Gasteiger partial charge in [0, 0.05) is 12.5 Å². The van der Waals surface area contributed by atoms with E-state index in [4.69, 9.17) is 35.3 Å². The van der Waals surface area contributed by atoms with Gasteiger partial charge >= 0.3 is 5.97 Å². The van der Waals surface area contributed by atoms with Gasteiger partial charge in [-0.1, -0.05) is 60.7 Å². The van der Waals surface area contributed by atoms with Crippen molar-refractivity contribution in [2.75, 3.05) is 12.5 Å². The number of benzene rings is 2. The molecular weight excluding hydrogens is 450 g/mol. The van der Waals surface area contributed by atoms with Crippen LogP contribution in [0.1, 0.15) is 24.3 Å². The summed E-state index contributed by atoms with van der Waals surface area (Å²) in [4.78, 5) is 24.2. The number of rotatable bonds is 7. The smallest absolute Gasteiger partial charge is 0.321 e. The first-order chi connectivity index (χ1) is 16.0. The topological polar surface area (TPSA) is 92.3 Å². The Hall–Kier alpha value is -2.49. The third kappa shape index (κ3) is 5.90. The number of carbonyl (C=O) groups is 2. The summed E-state index contributed by atoms with van der Waals surface area (Å²) in [6.07, 6.45) is -3.75. The van der Waals surface area contributed by atoms with Crippen LogP contribution in [-0.2, 0) is 39.9 Å². The molecule has 176 valence electrons. The van der Waals surface area contributed by atoms with E-state index < -0.39 is 42.9 Å². The molecule has 4 rings (SSSR count). The molecule has 9 heteroatoms. The van der Waals surface area contributed by atoms with Crippen LogP contribution < -0.4 is 5.32 Å². The molecule has 2 aliphatic rings. The van der Waals surface area contributed by atoms with E-state index in [9.17, 15) is 9.59 Å². The first kappa shape index (κ1) is 23.7. The van der Waals surface area contributed by atoms with Crippen LogP contribution in [0.3, 0.4) is 0 Å². The van der Waals surface area contributed by atoms with Gasteiger partial charge < -0.3 is 29.0 Å². The Morgan fingerprint density at radius 1 is 1.06 bits per heavy atom. The summed E-state index contributed by atoms with van der Waals surface area (Å²) in [7, 11) is 0. The zero-order valence-corrected chi connectivity index (χ0v) is 18.9. The summed E-state index contributed by atoms with van der Waals surface area (Å²) in [6.45, 7) is 1.80. The fourth-order valence-electron chi connectivity index (χ4n) is 3.96. The minimum absolute atomic E-state index is 0.192. The number of ether oxygens (including phenoxy) is 5. The van der Waals surface area contributed by atoms with E-state index in [1.807, 2.05) is 60.7 Å². The molecule has 0 aromatic heterocycles. The van der Waals surface area contributed by atoms with Crippen molar-refractivity contribution >= 4 is 23.5 Å². The third-order valence-electron chi connectivity index (χ3n) is 5.41. The molecule has 6 atom stereocenters. The molecular formula is C24H26ClNO7. The molecule has 1 amide bonds. The summed E-state index contributed by atoms with van der Waals surface area (Å²) in [5, 5.41) is 2.81. The van der Waals surface area contributed by atoms with E-state index in [0.717, 1.165) is 11.1 Å². The van der Waals surface area contributed by atoms with Crippen molar-refractivity contribution < 1.29 is 33.3 Å². The number of alkyl halides is 1. The second-order valence-electron chi connectivity index (χ2n) is 7.83. The van der Waals surface area contributed by atoms with Gasteiger partial charge in [-0.25, -0.2) is 0 Å². The summed E-state index contributed by atoms with van der Waals surface area (Å²) < 4.78 is 29.9. The van der Waals surface area contributed by atoms with Crippen LogP contribution >= 0.6 is 11.6 Å². The molecule has 2 saturated heterocycles. The number of carbonyl (C=O) groups excluding carboxylic acids is 2. The average Bonchev–Trinajstić information content (AvgIpc) is 2.84. The van der Waals surface area contributed by atoms with Crippen LogP contribution in [0.25, 0.3) is 0 Å². The molecule has 0 aliphatic carbocycles. The van der Waals surface area contributed by atoms with Gasteiger partial charge in [-0.2, -0.15) is 0 Å². The van der Waals surface area contributed by atoms with E-state index in [1.54, 1.807) is 0 Å². The zero-order chi connectivity index (χ0) is 23.2. The van der Waals surface area contributed by atoms with Crippen LogP contribution in [0.2, 0.25) is 0 Å². The molecule has 0 saturated carbocycles. The SMILES string of the molecule is CC(=O)N[C@@H]1[C@H](OCc2ccccc2)O[C@@H]2CO[C@@H](c3ccccc3)O[C@H]2[C@H]1OC(=O)CCl. The largest absolute Gasteiger partial charge is 0.456 e. The predicted octanol–water partition coefficient (Wildman–Crippen LogP) is 2.70. The Kier molecular flexibility index (Phi) is 7.95. The minimum Gasteiger partial charge on any atom is -0.456 e. The summed E-state index contributed by atoms with van der Waals surface area (Å²) in [5.41, 5.74) is 1.75. The first-order valence-electron chi connectivity index (χ1n) is 10.7. The van der Waals surface area contributed by atoms with Gasteiger partial charge in [0.1, 0.15) is 24.1 Å².